The number of hydrogen-bond donors (Lipinski definition) is 2. The fourth-order valence-corrected chi connectivity index (χ4v) is 1.70. The van der Waals surface area contributed by atoms with E-state index in [9.17, 15) is 4.79 Å². The van der Waals surface area contributed by atoms with E-state index in [1.165, 1.54) is 12.8 Å². The minimum absolute atomic E-state index is 0.0622. The molecule has 17 heavy (non-hydrogen) atoms. The van der Waals surface area contributed by atoms with E-state index in [2.05, 4.69) is 19.2 Å². The molecular weight excluding hydrogens is 216 g/mol. The van der Waals surface area contributed by atoms with Gasteiger partial charge in [0.25, 0.3) is 0 Å². The summed E-state index contributed by atoms with van der Waals surface area (Å²) < 4.78 is 5.43. The van der Waals surface area contributed by atoms with Crippen LogP contribution in [0.1, 0.15) is 39.5 Å². The summed E-state index contributed by atoms with van der Waals surface area (Å²) in [7, 11) is 0. The summed E-state index contributed by atoms with van der Waals surface area (Å²) in [6.07, 6.45) is 3.73. The second-order valence-corrected chi connectivity index (χ2v) is 5.38. The van der Waals surface area contributed by atoms with Crippen molar-refractivity contribution in [3.8, 4) is 0 Å². The Morgan fingerprint density at radius 3 is 2.76 bits per heavy atom. The van der Waals surface area contributed by atoms with Gasteiger partial charge in [-0.1, -0.05) is 13.8 Å². The van der Waals surface area contributed by atoms with Crippen LogP contribution in [0, 0.1) is 11.8 Å². The molecule has 1 unspecified atom stereocenters. The minimum atomic E-state index is 0.0622. The second kappa shape index (κ2) is 7.67. The van der Waals surface area contributed by atoms with Crippen LogP contribution in [0.25, 0.3) is 0 Å². The molecule has 1 fully saturated rings. The van der Waals surface area contributed by atoms with Gasteiger partial charge in [0.15, 0.2) is 0 Å². The Morgan fingerprint density at radius 1 is 1.47 bits per heavy atom. The van der Waals surface area contributed by atoms with Crippen LogP contribution in [-0.2, 0) is 9.53 Å². The quantitative estimate of drug-likeness (QED) is 0.599. The molecular formula is C13H26N2O2. The first-order chi connectivity index (χ1) is 8.09. The Morgan fingerprint density at radius 2 is 2.18 bits per heavy atom. The van der Waals surface area contributed by atoms with Crippen molar-refractivity contribution < 1.29 is 9.53 Å². The number of hydrogen-bond acceptors (Lipinski definition) is 3. The number of amides is 1. The summed E-state index contributed by atoms with van der Waals surface area (Å²) in [6.45, 7) is 6.45. The maximum Gasteiger partial charge on any atom is 0.221 e. The molecule has 0 aromatic heterocycles. The number of nitrogens with two attached hydrogens (primary N) is 1. The van der Waals surface area contributed by atoms with Gasteiger partial charge in [-0.05, 0) is 31.1 Å². The first kappa shape index (κ1) is 14.5. The molecule has 1 saturated carbocycles. The van der Waals surface area contributed by atoms with Gasteiger partial charge in [0.2, 0.25) is 5.91 Å². The summed E-state index contributed by atoms with van der Waals surface area (Å²) in [6, 6.07) is 0.0622. The van der Waals surface area contributed by atoms with E-state index in [4.69, 9.17) is 10.5 Å². The monoisotopic (exact) mass is 242 g/mol. The van der Waals surface area contributed by atoms with Crippen LogP contribution in [0.15, 0.2) is 0 Å². The van der Waals surface area contributed by atoms with Crippen molar-refractivity contribution in [2.75, 3.05) is 19.8 Å². The number of ether oxygens (including phenoxy) is 1. The van der Waals surface area contributed by atoms with Gasteiger partial charge in [-0.3, -0.25) is 4.79 Å². The summed E-state index contributed by atoms with van der Waals surface area (Å²) in [4.78, 5) is 11.5. The molecule has 1 aliphatic carbocycles. The van der Waals surface area contributed by atoms with Crippen LogP contribution in [-0.4, -0.2) is 31.7 Å². The van der Waals surface area contributed by atoms with Crippen molar-refractivity contribution in [3.05, 3.63) is 0 Å². The van der Waals surface area contributed by atoms with Crippen LogP contribution >= 0.6 is 0 Å². The SMILES string of the molecule is CC(C)COCCCNC(=O)CC(N)C1CC1. The fraction of sp³-hybridized carbons (Fsp3) is 0.923. The predicted octanol–water partition coefficient (Wildman–Crippen LogP) is 1.29. The molecule has 3 N–H and O–H groups in total. The summed E-state index contributed by atoms with van der Waals surface area (Å²) in [5.41, 5.74) is 5.88. The van der Waals surface area contributed by atoms with E-state index in [-0.39, 0.29) is 11.9 Å². The van der Waals surface area contributed by atoms with Crippen LogP contribution in [0.2, 0.25) is 0 Å². The third-order valence-electron chi connectivity index (χ3n) is 2.89. The van der Waals surface area contributed by atoms with Crippen LogP contribution in [0.4, 0.5) is 0 Å². The number of nitrogens with one attached hydrogen (secondary N) is 1. The normalized spacial score (nSPS) is 17.2. The predicted molar refractivity (Wildman–Crippen MR) is 68.6 cm³/mol. The molecule has 0 saturated heterocycles. The van der Waals surface area contributed by atoms with Crippen molar-refractivity contribution >= 4 is 5.91 Å². The Bertz CT molecular complexity index is 227. The van der Waals surface area contributed by atoms with Crippen LogP contribution in [0.5, 0.6) is 0 Å². The maximum atomic E-state index is 11.5. The second-order valence-electron chi connectivity index (χ2n) is 5.38. The molecule has 1 atom stereocenters. The average molecular weight is 242 g/mol. The summed E-state index contributed by atoms with van der Waals surface area (Å²) in [5.74, 6) is 1.24. The van der Waals surface area contributed by atoms with Gasteiger partial charge in [-0.2, -0.15) is 0 Å². The molecule has 0 aliphatic heterocycles. The minimum Gasteiger partial charge on any atom is -0.381 e. The summed E-state index contributed by atoms with van der Waals surface area (Å²) >= 11 is 0. The zero-order valence-electron chi connectivity index (χ0n) is 11.1. The van der Waals surface area contributed by atoms with Crippen LogP contribution in [0.3, 0.4) is 0 Å². The molecule has 1 amide bonds. The van der Waals surface area contributed by atoms with Gasteiger partial charge >= 0.3 is 0 Å². The molecule has 0 heterocycles. The van der Waals surface area contributed by atoms with Gasteiger partial charge in [0, 0.05) is 32.2 Å². The number of carbonyl (C=O) groups excluding carboxylic acids is 1. The zero-order chi connectivity index (χ0) is 12.7. The lowest BCUT2D eigenvalue weighted by Gasteiger charge is -2.11. The van der Waals surface area contributed by atoms with Gasteiger partial charge in [0.1, 0.15) is 0 Å². The molecule has 1 aliphatic rings. The molecule has 1 rings (SSSR count). The van der Waals surface area contributed by atoms with Gasteiger partial charge in [-0.25, -0.2) is 0 Å². The first-order valence-corrected chi connectivity index (χ1v) is 6.69. The third-order valence-corrected chi connectivity index (χ3v) is 2.89. The fourth-order valence-electron chi connectivity index (χ4n) is 1.70. The average Bonchev–Trinajstić information content (AvgIpc) is 3.06. The molecule has 0 radical (unpaired) electrons. The van der Waals surface area contributed by atoms with Crippen molar-refractivity contribution in [1.82, 2.24) is 5.32 Å². The molecule has 4 nitrogen and oxygen atoms in total. The van der Waals surface area contributed by atoms with Crippen LogP contribution < -0.4 is 11.1 Å². The lowest BCUT2D eigenvalue weighted by Crippen LogP contribution is -2.33. The van der Waals surface area contributed by atoms with E-state index in [0.717, 1.165) is 13.0 Å². The highest BCUT2D eigenvalue weighted by molar-refractivity contribution is 5.76. The highest BCUT2D eigenvalue weighted by atomic mass is 16.5. The van der Waals surface area contributed by atoms with E-state index < -0.39 is 0 Å². The van der Waals surface area contributed by atoms with E-state index in [0.29, 0.717) is 31.4 Å². The molecule has 0 spiro atoms. The number of rotatable bonds is 9. The lowest BCUT2D eigenvalue weighted by atomic mass is 10.1. The highest BCUT2D eigenvalue weighted by Crippen LogP contribution is 2.32. The Labute approximate surface area is 104 Å². The molecule has 0 aromatic rings. The summed E-state index contributed by atoms with van der Waals surface area (Å²) in [5, 5.41) is 2.89. The zero-order valence-corrected chi connectivity index (χ0v) is 11.1. The van der Waals surface area contributed by atoms with Gasteiger partial charge in [0.05, 0.1) is 0 Å². The smallest absolute Gasteiger partial charge is 0.221 e. The maximum absolute atomic E-state index is 11.5. The topological polar surface area (TPSA) is 64.3 Å². The van der Waals surface area contributed by atoms with E-state index in [1.54, 1.807) is 0 Å². The van der Waals surface area contributed by atoms with Gasteiger partial charge < -0.3 is 15.8 Å². The lowest BCUT2D eigenvalue weighted by molar-refractivity contribution is -0.121. The largest absolute Gasteiger partial charge is 0.381 e. The molecule has 100 valence electrons. The van der Waals surface area contributed by atoms with Crippen molar-refractivity contribution in [2.45, 2.75) is 45.6 Å². The van der Waals surface area contributed by atoms with Crippen molar-refractivity contribution in [3.63, 3.8) is 0 Å². The molecule has 0 bridgehead atoms. The van der Waals surface area contributed by atoms with Crippen molar-refractivity contribution in [1.29, 1.82) is 0 Å². The standard InChI is InChI=1S/C13H26N2O2/c1-10(2)9-17-7-3-6-15-13(16)8-12(14)11-4-5-11/h10-12H,3-9,14H2,1-2H3,(H,15,16). The van der Waals surface area contributed by atoms with Crippen molar-refractivity contribution in [2.24, 2.45) is 17.6 Å². The van der Waals surface area contributed by atoms with E-state index in [1.807, 2.05) is 0 Å². The third kappa shape index (κ3) is 7.34. The molecule has 0 aromatic carbocycles. The Balaban J connectivity index is 1.89. The first-order valence-electron chi connectivity index (χ1n) is 6.69. The number of carbonyl (C=O) groups is 1. The Hall–Kier alpha value is -0.610. The molecule has 4 heteroatoms. The van der Waals surface area contributed by atoms with E-state index >= 15 is 0 Å². The van der Waals surface area contributed by atoms with Gasteiger partial charge in [-0.15, -0.1) is 0 Å². The Kier molecular flexibility index (Phi) is 6.52. The highest BCUT2D eigenvalue weighted by Gasteiger charge is 2.29.